The van der Waals surface area contributed by atoms with Crippen molar-refractivity contribution in [1.29, 1.82) is 0 Å². The van der Waals surface area contributed by atoms with Crippen molar-refractivity contribution in [2.75, 3.05) is 45.5 Å². The Hall–Kier alpha value is -2.28. The predicted molar refractivity (Wildman–Crippen MR) is 120 cm³/mol. The number of hydrogen-bond acceptors (Lipinski definition) is 8. The number of thiophene rings is 1. The molecule has 0 fully saturated rings. The number of sulfonamides is 1. The minimum Gasteiger partial charge on any atom is -0.497 e. The van der Waals surface area contributed by atoms with Gasteiger partial charge in [0, 0.05) is 26.2 Å². The summed E-state index contributed by atoms with van der Waals surface area (Å²) >= 11 is 2.38. The Kier molecular flexibility index (Phi) is 7.14. The molecule has 2 aromatic rings. The van der Waals surface area contributed by atoms with E-state index in [1.807, 2.05) is 0 Å². The third-order valence-electron chi connectivity index (χ3n) is 4.58. The Balaban J connectivity index is 1.75. The van der Waals surface area contributed by atoms with Gasteiger partial charge in [0.05, 0.1) is 29.9 Å². The molecule has 168 valence electrons. The topological polar surface area (TPSA) is 105 Å². The number of amides is 2. The van der Waals surface area contributed by atoms with Crippen LogP contribution in [0.25, 0.3) is 0 Å². The third-order valence-corrected chi connectivity index (χ3v) is 9.23. The van der Waals surface area contributed by atoms with Crippen LogP contribution in [0.3, 0.4) is 0 Å². The highest BCUT2D eigenvalue weighted by molar-refractivity contribution is 8.02. The third kappa shape index (κ3) is 4.97. The first kappa shape index (κ1) is 23.4. The average Bonchev–Trinajstić information content (AvgIpc) is 3.19. The Morgan fingerprint density at radius 3 is 2.61 bits per heavy atom. The van der Waals surface area contributed by atoms with Gasteiger partial charge in [0.2, 0.25) is 11.8 Å². The van der Waals surface area contributed by atoms with Crippen LogP contribution in [0.1, 0.15) is 5.56 Å². The fourth-order valence-electron chi connectivity index (χ4n) is 2.87. The van der Waals surface area contributed by atoms with E-state index in [4.69, 9.17) is 9.47 Å². The number of benzene rings is 1. The van der Waals surface area contributed by atoms with Crippen molar-refractivity contribution in [2.24, 2.45) is 0 Å². The Morgan fingerprint density at radius 1 is 1.23 bits per heavy atom. The van der Waals surface area contributed by atoms with E-state index < -0.39 is 10.0 Å². The maximum absolute atomic E-state index is 12.6. The van der Waals surface area contributed by atoms with Gasteiger partial charge in [-0.2, -0.15) is 0 Å². The van der Waals surface area contributed by atoms with Crippen LogP contribution in [-0.4, -0.2) is 65.1 Å². The summed E-state index contributed by atoms with van der Waals surface area (Å²) in [5.74, 6) is 0.750. The standard InChI is InChI=1S/C19H23N3O6S3/c1-21(2)31(25,26)18-8-14-19(30-18)29-11-17(24)22(14)10-16(23)20-9-12-7-13(27-3)5-6-15(12)28-4/h5-8H,9-11H2,1-4H3,(H,20,23). The lowest BCUT2D eigenvalue weighted by Crippen LogP contribution is -2.42. The molecule has 0 saturated carbocycles. The summed E-state index contributed by atoms with van der Waals surface area (Å²) in [5, 5.41) is 2.78. The summed E-state index contributed by atoms with van der Waals surface area (Å²) < 4.78 is 37.4. The molecule has 1 aliphatic rings. The molecule has 2 amide bonds. The summed E-state index contributed by atoms with van der Waals surface area (Å²) in [6.07, 6.45) is 0. The summed E-state index contributed by atoms with van der Waals surface area (Å²) in [5.41, 5.74) is 1.17. The summed E-state index contributed by atoms with van der Waals surface area (Å²) in [6, 6.07) is 6.72. The molecule has 0 bridgehead atoms. The lowest BCUT2D eigenvalue weighted by atomic mass is 10.2. The maximum Gasteiger partial charge on any atom is 0.252 e. The van der Waals surface area contributed by atoms with Gasteiger partial charge in [-0.1, -0.05) is 0 Å². The second-order valence-electron chi connectivity index (χ2n) is 6.75. The van der Waals surface area contributed by atoms with Crippen molar-refractivity contribution in [3.63, 3.8) is 0 Å². The van der Waals surface area contributed by atoms with Crippen molar-refractivity contribution in [3.05, 3.63) is 29.8 Å². The number of rotatable bonds is 8. The van der Waals surface area contributed by atoms with Gasteiger partial charge < -0.3 is 19.7 Å². The highest BCUT2D eigenvalue weighted by Gasteiger charge is 2.32. The second kappa shape index (κ2) is 9.47. The van der Waals surface area contributed by atoms with Crippen molar-refractivity contribution in [2.45, 2.75) is 15.0 Å². The normalized spacial score (nSPS) is 13.8. The van der Waals surface area contributed by atoms with Crippen molar-refractivity contribution < 1.29 is 27.5 Å². The van der Waals surface area contributed by atoms with Crippen LogP contribution in [0.2, 0.25) is 0 Å². The van der Waals surface area contributed by atoms with E-state index in [0.29, 0.717) is 21.4 Å². The Bertz CT molecular complexity index is 1100. The fourth-order valence-corrected chi connectivity index (χ4v) is 6.80. The highest BCUT2D eigenvalue weighted by atomic mass is 32.3. The molecule has 0 saturated heterocycles. The van der Waals surface area contributed by atoms with Crippen LogP contribution in [0.4, 0.5) is 5.69 Å². The van der Waals surface area contributed by atoms with Crippen molar-refractivity contribution >= 4 is 50.6 Å². The molecule has 9 nitrogen and oxygen atoms in total. The lowest BCUT2D eigenvalue weighted by molar-refractivity contribution is -0.123. The van der Waals surface area contributed by atoms with Crippen LogP contribution in [0.15, 0.2) is 32.7 Å². The van der Waals surface area contributed by atoms with Gasteiger partial charge in [0.1, 0.15) is 22.3 Å². The van der Waals surface area contributed by atoms with Crippen LogP contribution >= 0.6 is 23.1 Å². The zero-order valence-electron chi connectivity index (χ0n) is 17.5. The Labute approximate surface area is 189 Å². The zero-order chi connectivity index (χ0) is 22.8. The molecule has 1 aliphatic heterocycles. The van der Waals surface area contributed by atoms with Gasteiger partial charge in [0.25, 0.3) is 10.0 Å². The largest absolute Gasteiger partial charge is 0.497 e. The molecule has 31 heavy (non-hydrogen) atoms. The molecule has 0 spiro atoms. The lowest BCUT2D eigenvalue weighted by Gasteiger charge is -2.25. The minimum absolute atomic E-state index is 0.135. The molecular formula is C19H23N3O6S3. The van der Waals surface area contributed by atoms with E-state index in [1.165, 1.54) is 43.9 Å². The van der Waals surface area contributed by atoms with Crippen LogP contribution < -0.4 is 19.7 Å². The number of carbonyl (C=O) groups is 2. The smallest absolute Gasteiger partial charge is 0.252 e. The first-order valence-corrected chi connectivity index (χ1v) is 12.4. The number of nitrogens with zero attached hydrogens (tertiary/aromatic N) is 2. The molecule has 1 aromatic heterocycles. The zero-order valence-corrected chi connectivity index (χ0v) is 19.9. The number of methoxy groups -OCH3 is 2. The van der Waals surface area contributed by atoms with Gasteiger partial charge in [-0.05, 0) is 24.3 Å². The average molecular weight is 486 g/mol. The minimum atomic E-state index is -3.63. The van der Waals surface area contributed by atoms with E-state index in [0.717, 1.165) is 21.2 Å². The van der Waals surface area contributed by atoms with E-state index in [2.05, 4.69) is 5.32 Å². The molecule has 0 aliphatic carbocycles. The molecule has 0 unspecified atom stereocenters. The summed E-state index contributed by atoms with van der Waals surface area (Å²) in [6.45, 7) is -0.0242. The SMILES string of the molecule is COc1ccc(OC)c(CNC(=O)CN2C(=O)CSc3sc(S(=O)(=O)N(C)C)cc32)c1. The fraction of sp³-hybridized carbons (Fsp3) is 0.368. The number of nitrogens with one attached hydrogen (secondary N) is 1. The van der Waals surface area contributed by atoms with Crippen molar-refractivity contribution in [3.8, 4) is 11.5 Å². The molecule has 3 rings (SSSR count). The first-order chi connectivity index (χ1) is 14.7. The van der Waals surface area contributed by atoms with Crippen LogP contribution in [0, 0.1) is 0 Å². The van der Waals surface area contributed by atoms with E-state index >= 15 is 0 Å². The van der Waals surface area contributed by atoms with Gasteiger partial charge >= 0.3 is 0 Å². The quantitative estimate of drug-likeness (QED) is 0.608. The van der Waals surface area contributed by atoms with E-state index in [9.17, 15) is 18.0 Å². The predicted octanol–water partition coefficient (Wildman–Crippen LogP) is 1.77. The number of ether oxygens (including phenoxy) is 2. The number of fused-ring (bicyclic) bond motifs is 1. The molecular weight excluding hydrogens is 462 g/mol. The Morgan fingerprint density at radius 2 is 1.97 bits per heavy atom. The van der Waals surface area contributed by atoms with Crippen molar-refractivity contribution in [1.82, 2.24) is 9.62 Å². The van der Waals surface area contributed by atoms with Crippen LogP contribution in [0.5, 0.6) is 11.5 Å². The summed E-state index contributed by atoms with van der Waals surface area (Å²) in [7, 11) is 2.36. The maximum atomic E-state index is 12.6. The second-order valence-corrected chi connectivity index (χ2v) is 11.4. The van der Waals surface area contributed by atoms with Gasteiger partial charge in [-0.3, -0.25) is 9.59 Å². The number of anilines is 1. The molecule has 0 atom stereocenters. The molecule has 1 aromatic carbocycles. The van der Waals surface area contributed by atoms with Gasteiger partial charge in [-0.15, -0.1) is 23.1 Å². The number of hydrogen-bond donors (Lipinski definition) is 1. The number of carbonyl (C=O) groups excluding carboxylic acids is 2. The number of thioether (sulfide) groups is 1. The monoisotopic (exact) mass is 485 g/mol. The summed E-state index contributed by atoms with van der Waals surface area (Å²) in [4.78, 5) is 26.4. The van der Waals surface area contributed by atoms with Gasteiger partial charge in [-0.25, -0.2) is 12.7 Å². The molecule has 0 radical (unpaired) electrons. The molecule has 12 heteroatoms. The molecule has 2 heterocycles. The first-order valence-electron chi connectivity index (χ1n) is 9.14. The molecule has 1 N–H and O–H groups in total. The van der Waals surface area contributed by atoms with Gasteiger partial charge in [0.15, 0.2) is 0 Å². The van der Waals surface area contributed by atoms with Crippen LogP contribution in [-0.2, 0) is 26.2 Å². The van der Waals surface area contributed by atoms with E-state index in [-0.39, 0.29) is 34.9 Å². The van der Waals surface area contributed by atoms with E-state index in [1.54, 1.807) is 25.3 Å². The highest BCUT2D eigenvalue weighted by Crippen LogP contribution is 2.44.